The molecule has 0 aliphatic heterocycles. The summed E-state index contributed by atoms with van der Waals surface area (Å²) in [6.07, 6.45) is 0. The van der Waals surface area contributed by atoms with Crippen molar-refractivity contribution in [2.45, 2.75) is 13.0 Å². The predicted octanol–water partition coefficient (Wildman–Crippen LogP) is 1.48. The van der Waals surface area contributed by atoms with Crippen LogP contribution in [-0.4, -0.2) is 31.2 Å². The second-order valence-corrected chi connectivity index (χ2v) is 3.64. The van der Waals surface area contributed by atoms with Gasteiger partial charge in [-0.05, 0) is 12.6 Å². The number of nitriles is 1. The van der Waals surface area contributed by atoms with Crippen LogP contribution in [0.25, 0.3) is 0 Å². The molecule has 7 nitrogen and oxygen atoms in total. The summed E-state index contributed by atoms with van der Waals surface area (Å²) in [7, 11) is 1.40. The third kappa shape index (κ3) is 4.12. The van der Waals surface area contributed by atoms with Crippen molar-refractivity contribution in [2.24, 2.45) is 0 Å². The molecule has 0 radical (unpaired) electrons. The molecule has 7 heteroatoms. The lowest BCUT2D eigenvalue weighted by Gasteiger charge is -2.13. The summed E-state index contributed by atoms with van der Waals surface area (Å²) in [4.78, 5) is 10.1. The van der Waals surface area contributed by atoms with Crippen molar-refractivity contribution in [2.75, 3.05) is 20.3 Å². The highest BCUT2D eigenvalue weighted by Crippen LogP contribution is 2.31. The Balaban J connectivity index is 2.78. The molecule has 1 rings (SSSR count). The van der Waals surface area contributed by atoms with Crippen LogP contribution in [0.4, 0.5) is 5.69 Å². The van der Waals surface area contributed by atoms with E-state index in [0.717, 1.165) is 0 Å². The van der Waals surface area contributed by atoms with Crippen molar-refractivity contribution in [3.8, 4) is 17.6 Å². The molecule has 1 atom stereocenters. The summed E-state index contributed by atoms with van der Waals surface area (Å²) < 4.78 is 10.5. The van der Waals surface area contributed by atoms with Gasteiger partial charge in [-0.1, -0.05) is 6.92 Å². The van der Waals surface area contributed by atoms with Gasteiger partial charge < -0.3 is 9.47 Å². The Morgan fingerprint density at radius 3 is 2.79 bits per heavy atom. The minimum absolute atomic E-state index is 0.0762. The summed E-state index contributed by atoms with van der Waals surface area (Å²) in [5.41, 5.74) is -0.0762. The first-order valence-electron chi connectivity index (χ1n) is 5.70. The molecule has 102 valence electrons. The van der Waals surface area contributed by atoms with Crippen LogP contribution in [0.5, 0.6) is 11.5 Å². The smallest absolute Gasteiger partial charge is 0.273 e. The number of ether oxygens (including phenoxy) is 2. The molecule has 0 saturated heterocycles. The summed E-state index contributed by atoms with van der Waals surface area (Å²) in [5.74, 6) is 0.633. The predicted molar refractivity (Wildman–Crippen MR) is 68.2 cm³/mol. The van der Waals surface area contributed by atoms with Crippen molar-refractivity contribution in [3.05, 3.63) is 28.3 Å². The van der Waals surface area contributed by atoms with Crippen LogP contribution in [0.15, 0.2) is 18.2 Å². The monoisotopic (exact) mass is 265 g/mol. The Bertz CT molecular complexity index is 484. The summed E-state index contributed by atoms with van der Waals surface area (Å²) in [5, 5.41) is 22.4. The third-order valence-electron chi connectivity index (χ3n) is 2.37. The number of rotatable bonds is 7. The van der Waals surface area contributed by atoms with Gasteiger partial charge in [0.05, 0.1) is 24.2 Å². The molecule has 0 heterocycles. The number of hydrogen-bond donors (Lipinski definition) is 1. The summed E-state index contributed by atoms with van der Waals surface area (Å²) in [6, 6.07) is 5.68. The van der Waals surface area contributed by atoms with Gasteiger partial charge in [-0.3, -0.25) is 15.4 Å². The maximum Gasteiger partial charge on any atom is 0.273 e. The van der Waals surface area contributed by atoms with Crippen molar-refractivity contribution >= 4 is 5.69 Å². The fraction of sp³-hybridized carbons (Fsp3) is 0.417. The Kier molecular flexibility index (Phi) is 5.57. The molecular formula is C12H15N3O4. The van der Waals surface area contributed by atoms with E-state index >= 15 is 0 Å². The molecule has 1 unspecified atom stereocenters. The van der Waals surface area contributed by atoms with Gasteiger partial charge in [0.1, 0.15) is 12.6 Å². The molecule has 0 amide bonds. The molecule has 0 aromatic heterocycles. The molecule has 0 spiro atoms. The fourth-order valence-electron chi connectivity index (χ4n) is 1.45. The van der Waals surface area contributed by atoms with Gasteiger partial charge >= 0.3 is 0 Å². The maximum absolute atomic E-state index is 10.6. The number of benzene rings is 1. The van der Waals surface area contributed by atoms with E-state index in [-0.39, 0.29) is 18.0 Å². The normalized spacial score (nSPS) is 11.4. The zero-order chi connectivity index (χ0) is 14.3. The van der Waals surface area contributed by atoms with Crippen molar-refractivity contribution in [1.82, 2.24) is 5.32 Å². The van der Waals surface area contributed by atoms with Crippen LogP contribution < -0.4 is 14.8 Å². The van der Waals surface area contributed by atoms with Crippen LogP contribution in [0.3, 0.4) is 0 Å². The van der Waals surface area contributed by atoms with Crippen LogP contribution in [-0.2, 0) is 0 Å². The van der Waals surface area contributed by atoms with Crippen LogP contribution in [0, 0.1) is 21.4 Å². The lowest BCUT2D eigenvalue weighted by atomic mass is 10.2. The minimum Gasteiger partial charge on any atom is -0.493 e. The van der Waals surface area contributed by atoms with Crippen molar-refractivity contribution in [1.29, 1.82) is 5.26 Å². The van der Waals surface area contributed by atoms with Gasteiger partial charge in [0.25, 0.3) is 5.69 Å². The first-order valence-corrected chi connectivity index (χ1v) is 5.70. The zero-order valence-corrected chi connectivity index (χ0v) is 10.8. The van der Waals surface area contributed by atoms with Crippen LogP contribution >= 0.6 is 0 Å². The van der Waals surface area contributed by atoms with Gasteiger partial charge in [-0.25, -0.2) is 0 Å². The number of nitrogens with zero attached hydrogens (tertiary/aromatic N) is 2. The van der Waals surface area contributed by atoms with Gasteiger partial charge in [-0.15, -0.1) is 0 Å². The Morgan fingerprint density at radius 2 is 2.26 bits per heavy atom. The van der Waals surface area contributed by atoms with E-state index in [1.54, 1.807) is 0 Å². The van der Waals surface area contributed by atoms with E-state index in [9.17, 15) is 10.1 Å². The Morgan fingerprint density at radius 1 is 1.53 bits per heavy atom. The molecule has 0 aliphatic carbocycles. The lowest BCUT2D eigenvalue weighted by molar-refractivity contribution is -0.384. The fourth-order valence-corrected chi connectivity index (χ4v) is 1.45. The highest BCUT2D eigenvalue weighted by Gasteiger charge is 2.14. The van der Waals surface area contributed by atoms with Crippen molar-refractivity contribution < 1.29 is 14.4 Å². The molecule has 0 fully saturated rings. The first kappa shape index (κ1) is 14.7. The highest BCUT2D eigenvalue weighted by molar-refractivity contribution is 5.48. The topological polar surface area (TPSA) is 97.4 Å². The molecule has 19 heavy (non-hydrogen) atoms. The van der Waals surface area contributed by atoms with Gasteiger partial charge in [-0.2, -0.15) is 5.26 Å². The molecule has 1 aromatic carbocycles. The largest absolute Gasteiger partial charge is 0.493 e. The number of likely N-dealkylation sites (N-methyl/N-ethyl adjacent to an activating group) is 1. The van der Waals surface area contributed by atoms with E-state index in [0.29, 0.717) is 12.3 Å². The van der Waals surface area contributed by atoms with Gasteiger partial charge in [0, 0.05) is 6.07 Å². The number of nitro benzene ring substituents is 1. The summed E-state index contributed by atoms with van der Waals surface area (Å²) in [6.45, 7) is 2.67. The minimum atomic E-state index is -0.511. The number of hydrogen-bond acceptors (Lipinski definition) is 6. The van der Waals surface area contributed by atoms with Crippen LogP contribution in [0.1, 0.15) is 6.92 Å². The molecule has 0 aliphatic rings. The Hall–Kier alpha value is -2.33. The second-order valence-electron chi connectivity index (χ2n) is 3.64. The third-order valence-corrected chi connectivity index (χ3v) is 2.37. The molecular weight excluding hydrogens is 250 g/mol. The quantitative estimate of drug-likeness (QED) is 0.592. The van der Waals surface area contributed by atoms with Gasteiger partial charge in [0.15, 0.2) is 11.5 Å². The number of non-ortho nitro benzene ring substituents is 1. The maximum atomic E-state index is 10.6. The van der Waals surface area contributed by atoms with E-state index in [4.69, 9.17) is 14.7 Å². The SMILES string of the molecule is CCNC(C#N)COc1ccc([N+](=O)[O-])cc1OC. The average Bonchev–Trinajstić information content (AvgIpc) is 2.43. The van der Waals surface area contributed by atoms with Gasteiger partial charge in [0.2, 0.25) is 0 Å². The second kappa shape index (κ2) is 7.18. The average molecular weight is 265 g/mol. The van der Waals surface area contributed by atoms with Crippen molar-refractivity contribution in [3.63, 3.8) is 0 Å². The first-order chi connectivity index (χ1) is 9.12. The summed E-state index contributed by atoms with van der Waals surface area (Å²) >= 11 is 0. The zero-order valence-electron chi connectivity index (χ0n) is 10.8. The molecule has 1 aromatic rings. The molecule has 0 bridgehead atoms. The van der Waals surface area contributed by atoms with E-state index in [2.05, 4.69) is 11.4 Å². The lowest BCUT2D eigenvalue weighted by Crippen LogP contribution is -2.33. The number of nitro groups is 1. The van der Waals surface area contributed by atoms with E-state index in [1.807, 2.05) is 6.92 Å². The number of nitrogens with one attached hydrogen (secondary N) is 1. The van der Waals surface area contributed by atoms with E-state index in [1.165, 1.54) is 25.3 Å². The Labute approximate surface area is 110 Å². The van der Waals surface area contributed by atoms with Crippen LogP contribution in [0.2, 0.25) is 0 Å². The molecule has 1 N–H and O–H groups in total. The highest BCUT2D eigenvalue weighted by atomic mass is 16.6. The van der Waals surface area contributed by atoms with E-state index < -0.39 is 11.0 Å². The standard InChI is InChI=1S/C12H15N3O4/c1-3-14-9(7-13)8-19-11-5-4-10(15(16)17)6-12(11)18-2/h4-6,9,14H,3,8H2,1-2H3. The number of methoxy groups -OCH3 is 1. The molecule has 0 saturated carbocycles.